The summed E-state index contributed by atoms with van der Waals surface area (Å²) < 4.78 is 78.2. The number of anilines is 2. The van der Waals surface area contributed by atoms with Crippen LogP contribution in [0.5, 0.6) is 0 Å². The van der Waals surface area contributed by atoms with E-state index in [2.05, 4.69) is 10.6 Å². The van der Waals surface area contributed by atoms with E-state index in [-0.39, 0.29) is 37.4 Å². The summed E-state index contributed by atoms with van der Waals surface area (Å²) in [4.78, 5) is 26.9. The molecule has 178 valence electrons. The van der Waals surface area contributed by atoms with Gasteiger partial charge in [-0.3, -0.25) is 9.69 Å². The topological polar surface area (TPSA) is 64.7 Å². The fraction of sp³-hybridized carbons (Fsp3) is 0.333. The number of halogens is 6. The molecule has 3 amide bonds. The molecule has 1 aliphatic heterocycles. The van der Waals surface area contributed by atoms with E-state index in [1.165, 1.54) is 18.2 Å². The zero-order chi connectivity index (χ0) is 24.2. The number of hydrogen-bond acceptors (Lipinski definition) is 3. The lowest BCUT2D eigenvalue weighted by molar-refractivity contribution is -0.148. The molecule has 0 atom stereocenters. The van der Waals surface area contributed by atoms with E-state index in [4.69, 9.17) is 0 Å². The lowest BCUT2D eigenvalue weighted by atomic mass is 10.1. The first-order valence-corrected chi connectivity index (χ1v) is 9.85. The first kappa shape index (κ1) is 24.4. The summed E-state index contributed by atoms with van der Waals surface area (Å²) in [6.45, 7) is -1.34. The second-order valence-corrected chi connectivity index (χ2v) is 7.39. The quantitative estimate of drug-likeness (QED) is 0.634. The van der Waals surface area contributed by atoms with Crippen molar-refractivity contribution in [1.82, 2.24) is 9.80 Å². The molecule has 1 aliphatic rings. The van der Waals surface area contributed by atoms with Crippen LogP contribution in [0.25, 0.3) is 0 Å². The Morgan fingerprint density at radius 2 is 1.48 bits per heavy atom. The molecule has 0 unspecified atom stereocenters. The lowest BCUT2D eigenvalue weighted by Gasteiger charge is -2.35. The number of piperazine rings is 1. The Hall–Kier alpha value is -3.28. The molecule has 0 saturated carbocycles. The zero-order valence-corrected chi connectivity index (χ0v) is 17.1. The maximum absolute atomic E-state index is 13.6. The van der Waals surface area contributed by atoms with Crippen molar-refractivity contribution in [3.8, 4) is 0 Å². The number of amides is 3. The van der Waals surface area contributed by atoms with E-state index >= 15 is 0 Å². The van der Waals surface area contributed by atoms with Crippen LogP contribution in [0.15, 0.2) is 48.5 Å². The second kappa shape index (κ2) is 9.69. The summed E-state index contributed by atoms with van der Waals surface area (Å²) in [6, 6.07) is 9.99. The van der Waals surface area contributed by atoms with Crippen molar-refractivity contribution in [2.24, 2.45) is 0 Å². The Balaban J connectivity index is 1.69. The van der Waals surface area contributed by atoms with Crippen molar-refractivity contribution in [2.45, 2.75) is 12.4 Å². The van der Waals surface area contributed by atoms with Crippen LogP contribution in [-0.2, 0) is 6.18 Å². The maximum atomic E-state index is 13.6. The molecular formula is C21H20F6N4O2. The average Bonchev–Trinajstić information content (AvgIpc) is 2.74. The Labute approximate surface area is 185 Å². The van der Waals surface area contributed by atoms with Gasteiger partial charge in [0.15, 0.2) is 0 Å². The number of carbonyl (C=O) groups is 2. The van der Waals surface area contributed by atoms with Gasteiger partial charge in [-0.1, -0.05) is 18.2 Å². The highest BCUT2D eigenvalue weighted by molar-refractivity contribution is 6.04. The molecular weight excluding hydrogens is 454 g/mol. The van der Waals surface area contributed by atoms with Crippen molar-refractivity contribution in [2.75, 3.05) is 43.4 Å². The molecule has 0 aromatic heterocycles. The summed E-state index contributed by atoms with van der Waals surface area (Å²) in [7, 11) is 0. The predicted octanol–water partition coefficient (Wildman–Crippen LogP) is 4.67. The predicted molar refractivity (Wildman–Crippen MR) is 109 cm³/mol. The lowest BCUT2D eigenvalue weighted by Crippen LogP contribution is -2.52. The monoisotopic (exact) mass is 474 g/mol. The van der Waals surface area contributed by atoms with Gasteiger partial charge in [-0.25, -0.2) is 4.79 Å². The number of alkyl halides is 6. The highest BCUT2D eigenvalue weighted by atomic mass is 19.4. The van der Waals surface area contributed by atoms with Crippen molar-refractivity contribution in [1.29, 1.82) is 0 Å². The first-order valence-electron chi connectivity index (χ1n) is 9.85. The van der Waals surface area contributed by atoms with Crippen molar-refractivity contribution in [3.05, 3.63) is 59.7 Å². The molecule has 0 bridgehead atoms. The summed E-state index contributed by atoms with van der Waals surface area (Å²) in [5, 5.41) is 4.55. The SMILES string of the molecule is O=C(Nc1ccc(NC(=O)N2CCN(CC(F)(F)F)CC2)c(C(F)(F)F)c1)c1ccccc1. The Morgan fingerprint density at radius 1 is 0.848 bits per heavy atom. The Kier molecular flexibility index (Phi) is 7.15. The molecule has 2 aromatic carbocycles. The van der Waals surface area contributed by atoms with Gasteiger partial charge in [0, 0.05) is 37.4 Å². The number of benzene rings is 2. The number of urea groups is 1. The van der Waals surface area contributed by atoms with E-state index in [1.54, 1.807) is 18.2 Å². The smallest absolute Gasteiger partial charge is 0.322 e. The molecule has 1 fully saturated rings. The normalized spacial score (nSPS) is 15.3. The third-order valence-electron chi connectivity index (χ3n) is 4.92. The largest absolute Gasteiger partial charge is 0.418 e. The fourth-order valence-corrected chi connectivity index (χ4v) is 3.32. The van der Waals surface area contributed by atoms with Crippen LogP contribution in [0.1, 0.15) is 15.9 Å². The molecule has 12 heteroatoms. The Bertz CT molecular complexity index is 986. The van der Waals surface area contributed by atoms with Crippen LogP contribution in [0.4, 0.5) is 42.5 Å². The van der Waals surface area contributed by atoms with Crippen LogP contribution >= 0.6 is 0 Å². The van der Waals surface area contributed by atoms with Gasteiger partial charge in [0.2, 0.25) is 0 Å². The minimum absolute atomic E-state index is 0.0521. The van der Waals surface area contributed by atoms with Crippen LogP contribution in [0.3, 0.4) is 0 Å². The molecule has 2 aromatic rings. The van der Waals surface area contributed by atoms with Crippen molar-refractivity contribution < 1.29 is 35.9 Å². The van der Waals surface area contributed by atoms with Gasteiger partial charge in [-0.05, 0) is 30.3 Å². The van der Waals surface area contributed by atoms with Crippen molar-refractivity contribution in [3.63, 3.8) is 0 Å². The molecule has 3 rings (SSSR count). The van der Waals surface area contributed by atoms with Crippen LogP contribution in [0, 0.1) is 0 Å². The number of nitrogens with zero attached hydrogens (tertiary/aromatic N) is 2. The van der Waals surface area contributed by atoms with E-state index in [9.17, 15) is 35.9 Å². The summed E-state index contributed by atoms with van der Waals surface area (Å²) in [5.41, 5.74) is -1.55. The first-order chi connectivity index (χ1) is 15.4. The van der Waals surface area contributed by atoms with Gasteiger partial charge >= 0.3 is 18.4 Å². The highest BCUT2D eigenvalue weighted by Gasteiger charge is 2.36. The average molecular weight is 474 g/mol. The minimum Gasteiger partial charge on any atom is -0.322 e. The molecule has 1 saturated heterocycles. The van der Waals surface area contributed by atoms with E-state index < -0.39 is 42.1 Å². The number of nitrogens with one attached hydrogen (secondary N) is 2. The molecule has 33 heavy (non-hydrogen) atoms. The summed E-state index contributed by atoms with van der Waals surface area (Å²) >= 11 is 0. The number of carbonyl (C=O) groups excluding carboxylic acids is 2. The molecule has 0 spiro atoms. The van der Waals surface area contributed by atoms with Crippen LogP contribution < -0.4 is 10.6 Å². The van der Waals surface area contributed by atoms with Crippen LogP contribution in [-0.4, -0.2) is 60.6 Å². The van der Waals surface area contributed by atoms with Gasteiger partial charge < -0.3 is 15.5 Å². The minimum atomic E-state index is -4.83. The third kappa shape index (κ3) is 6.85. The third-order valence-corrected chi connectivity index (χ3v) is 4.92. The Morgan fingerprint density at radius 3 is 2.06 bits per heavy atom. The van der Waals surface area contributed by atoms with Gasteiger partial charge in [-0.2, -0.15) is 26.3 Å². The molecule has 0 aliphatic carbocycles. The highest BCUT2D eigenvalue weighted by Crippen LogP contribution is 2.37. The number of rotatable bonds is 4. The summed E-state index contributed by atoms with van der Waals surface area (Å²) in [5.74, 6) is -0.600. The fourth-order valence-electron chi connectivity index (χ4n) is 3.32. The van der Waals surface area contributed by atoms with Gasteiger partial charge in [0.25, 0.3) is 5.91 Å². The second-order valence-electron chi connectivity index (χ2n) is 7.39. The van der Waals surface area contributed by atoms with Gasteiger partial charge in [0.05, 0.1) is 17.8 Å². The molecule has 2 N–H and O–H groups in total. The summed E-state index contributed by atoms with van der Waals surface area (Å²) in [6.07, 6.45) is -9.20. The van der Waals surface area contributed by atoms with E-state index in [0.29, 0.717) is 6.07 Å². The maximum Gasteiger partial charge on any atom is 0.418 e. The zero-order valence-electron chi connectivity index (χ0n) is 17.1. The number of hydrogen-bond donors (Lipinski definition) is 2. The molecule has 1 heterocycles. The molecule has 6 nitrogen and oxygen atoms in total. The van der Waals surface area contributed by atoms with Crippen molar-refractivity contribution >= 4 is 23.3 Å². The standard InChI is InChI=1S/C21H20F6N4O2/c22-20(23,24)13-30-8-10-31(11-9-30)19(33)29-17-7-6-15(12-16(17)21(25,26)27)28-18(32)14-4-2-1-3-5-14/h1-7,12H,8-11,13H2,(H,28,32)(H,29,33). The molecule has 0 radical (unpaired) electrons. The van der Waals surface area contributed by atoms with Gasteiger partial charge in [0.1, 0.15) is 0 Å². The van der Waals surface area contributed by atoms with Crippen LogP contribution in [0.2, 0.25) is 0 Å². The van der Waals surface area contributed by atoms with E-state index in [1.807, 2.05) is 0 Å². The van der Waals surface area contributed by atoms with E-state index in [0.717, 1.165) is 15.9 Å². The van der Waals surface area contributed by atoms with Gasteiger partial charge in [-0.15, -0.1) is 0 Å².